The highest BCUT2D eigenvalue weighted by Gasteiger charge is 2.28. The van der Waals surface area contributed by atoms with Gasteiger partial charge in [0.25, 0.3) is 5.91 Å². The maximum Gasteiger partial charge on any atom is 0.323 e. The van der Waals surface area contributed by atoms with Gasteiger partial charge in [-0.1, -0.05) is 13.8 Å². The average Bonchev–Trinajstić information content (AvgIpc) is 2.87. The second kappa shape index (κ2) is 6.74. The van der Waals surface area contributed by atoms with Crippen molar-refractivity contribution in [3.8, 4) is 0 Å². The van der Waals surface area contributed by atoms with Crippen LogP contribution in [0.1, 0.15) is 24.4 Å². The summed E-state index contributed by atoms with van der Waals surface area (Å²) in [5.41, 5.74) is 0. The van der Waals surface area contributed by atoms with Gasteiger partial charge < -0.3 is 19.7 Å². The highest BCUT2D eigenvalue weighted by atomic mass is 16.4. The van der Waals surface area contributed by atoms with Crippen molar-refractivity contribution < 1.29 is 23.9 Å². The number of carbonyl (C=O) groups excluding carboxylic acids is 2. The predicted molar refractivity (Wildman–Crippen MR) is 70.1 cm³/mol. The molecule has 1 unspecified atom stereocenters. The molecule has 0 aliphatic rings. The second-order valence-electron chi connectivity index (χ2n) is 4.76. The van der Waals surface area contributed by atoms with Gasteiger partial charge in [0.15, 0.2) is 5.76 Å². The number of furan rings is 1. The third-order valence-electron chi connectivity index (χ3n) is 2.71. The molecule has 1 atom stereocenters. The van der Waals surface area contributed by atoms with Gasteiger partial charge in [0.05, 0.1) is 6.26 Å². The third-order valence-corrected chi connectivity index (χ3v) is 2.71. The highest BCUT2D eigenvalue weighted by Crippen LogP contribution is 2.08. The molecular weight excluding hydrogens is 264 g/mol. The Labute approximate surface area is 116 Å². The van der Waals surface area contributed by atoms with Gasteiger partial charge in [-0.15, -0.1) is 0 Å². The molecule has 1 aromatic heterocycles. The van der Waals surface area contributed by atoms with Crippen LogP contribution in [0.4, 0.5) is 0 Å². The van der Waals surface area contributed by atoms with E-state index in [1.807, 2.05) is 0 Å². The Morgan fingerprint density at radius 1 is 1.40 bits per heavy atom. The zero-order valence-electron chi connectivity index (χ0n) is 11.6. The van der Waals surface area contributed by atoms with Crippen LogP contribution in [0, 0.1) is 5.92 Å². The van der Waals surface area contributed by atoms with Crippen LogP contribution >= 0.6 is 0 Å². The van der Waals surface area contributed by atoms with Gasteiger partial charge in [-0.05, 0) is 18.1 Å². The summed E-state index contributed by atoms with van der Waals surface area (Å²) in [6.45, 7) is 3.11. The van der Waals surface area contributed by atoms with E-state index in [-0.39, 0.29) is 11.7 Å². The number of carbonyl (C=O) groups is 3. The van der Waals surface area contributed by atoms with Gasteiger partial charge in [0.1, 0.15) is 12.6 Å². The van der Waals surface area contributed by atoms with Crippen LogP contribution in [0.25, 0.3) is 0 Å². The zero-order chi connectivity index (χ0) is 15.3. The van der Waals surface area contributed by atoms with Gasteiger partial charge in [-0.3, -0.25) is 14.4 Å². The van der Waals surface area contributed by atoms with Crippen molar-refractivity contribution in [1.82, 2.24) is 10.2 Å². The van der Waals surface area contributed by atoms with Gasteiger partial charge in [-0.25, -0.2) is 0 Å². The van der Waals surface area contributed by atoms with Crippen LogP contribution in [-0.2, 0) is 9.59 Å². The molecule has 0 saturated carbocycles. The first-order chi connectivity index (χ1) is 9.32. The van der Waals surface area contributed by atoms with E-state index in [0.29, 0.717) is 0 Å². The molecule has 0 aromatic carbocycles. The first-order valence-electron chi connectivity index (χ1n) is 6.14. The minimum atomic E-state index is -1.11. The molecule has 7 nitrogen and oxygen atoms in total. The lowest BCUT2D eigenvalue weighted by molar-refractivity contribution is -0.144. The summed E-state index contributed by atoms with van der Waals surface area (Å²) in [4.78, 5) is 35.7. The lowest BCUT2D eigenvalue weighted by Gasteiger charge is -2.25. The molecule has 1 heterocycles. The number of rotatable bonds is 6. The van der Waals surface area contributed by atoms with Crippen molar-refractivity contribution in [2.45, 2.75) is 19.9 Å². The Morgan fingerprint density at radius 3 is 2.50 bits per heavy atom. The molecule has 20 heavy (non-hydrogen) atoms. The van der Waals surface area contributed by atoms with Crippen molar-refractivity contribution in [1.29, 1.82) is 0 Å². The molecule has 2 amide bonds. The molecule has 2 N–H and O–H groups in total. The Hall–Kier alpha value is -2.31. The summed E-state index contributed by atoms with van der Waals surface area (Å²) < 4.78 is 4.95. The molecule has 0 saturated heterocycles. The summed E-state index contributed by atoms with van der Waals surface area (Å²) in [5, 5.41) is 11.2. The number of carboxylic acid groups (broad SMARTS) is 1. The van der Waals surface area contributed by atoms with Crippen molar-refractivity contribution in [2.75, 3.05) is 13.6 Å². The van der Waals surface area contributed by atoms with Crippen molar-refractivity contribution in [3.05, 3.63) is 24.2 Å². The van der Waals surface area contributed by atoms with Crippen LogP contribution in [0.5, 0.6) is 0 Å². The fraction of sp³-hybridized carbons (Fsp3) is 0.462. The van der Waals surface area contributed by atoms with E-state index >= 15 is 0 Å². The number of likely N-dealkylation sites (N-methyl/N-ethyl adjacent to an activating group) is 1. The van der Waals surface area contributed by atoms with Crippen molar-refractivity contribution in [3.63, 3.8) is 0 Å². The quantitative estimate of drug-likeness (QED) is 0.795. The van der Waals surface area contributed by atoms with E-state index in [2.05, 4.69) is 5.32 Å². The maximum atomic E-state index is 12.1. The van der Waals surface area contributed by atoms with E-state index in [1.165, 1.54) is 19.4 Å². The number of amides is 2. The van der Waals surface area contributed by atoms with Crippen LogP contribution in [-0.4, -0.2) is 47.4 Å². The zero-order valence-corrected chi connectivity index (χ0v) is 11.6. The second-order valence-corrected chi connectivity index (χ2v) is 4.76. The standard InChI is InChI=1S/C13H18N2O5/c1-8(2)11(13(19)15(3)7-10(16)17)14-12(18)9-5-4-6-20-9/h4-6,8,11H,7H2,1-3H3,(H,14,18)(H,16,17). The monoisotopic (exact) mass is 282 g/mol. The smallest absolute Gasteiger partial charge is 0.323 e. The summed E-state index contributed by atoms with van der Waals surface area (Å²) in [6, 6.07) is 2.24. The summed E-state index contributed by atoms with van der Waals surface area (Å²) in [7, 11) is 1.38. The van der Waals surface area contributed by atoms with E-state index in [9.17, 15) is 14.4 Å². The Morgan fingerprint density at radius 2 is 2.05 bits per heavy atom. The summed E-state index contributed by atoms with van der Waals surface area (Å²) in [5.74, 6) is -2.16. The van der Waals surface area contributed by atoms with Crippen molar-refractivity contribution >= 4 is 17.8 Å². The molecule has 0 fully saturated rings. The summed E-state index contributed by atoms with van der Waals surface area (Å²) in [6.07, 6.45) is 1.36. The molecule has 0 spiro atoms. The van der Waals surface area contributed by atoms with Gasteiger partial charge >= 0.3 is 5.97 Å². The van der Waals surface area contributed by atoms with Gasteiger partial charge in [-0.2, -0.15) is 0 Å². The number of hydrogen-bond donors (Lipinski definition) is 2. The normalized spacial score (nSPS) is 12.0. The van der Waals surface area contributed by atoms with Crippen LogP contribution in [0.3, 0.4) is 0 Å². The molecule has 0 radical (unpaired) electrons. The van der Waals surface area contributed by atoms with E-state index in [0.717, 1.165) is 4.90 Å². The lowest BCUT2D eigenvalue weighted by atomic mass is 10.0. The molecule has 0 aliphatic heterocycles. The third kappa shape index (κ3) is 4.11. The van der Waals surface area contributed by atoms with E-state index in [1.54, 1.807) is 19.9 Å². The largest absolute Gasteiger partial charge is 0.480 e. The highest BCUT2D eigenvalue weighted by molar-refractivity contribution is 5.96. The van der Waals surface area contributed by atoms with E-state index < -0.39 is 30.4 Å². The van der Waals surface area contributed by atoms with Gasteiger partial charge in [0.2, 0.25) is 5.91 Å². The number of hydrogen-bond acceptors (Lipinski definition) is 4. The number of aliphatic carboxylic acids is 1. The summed E-state index contributed by atoms with van der Waals surface area (Å²) >= 11 is 0. The maximum absolute atomic E-state index is 12.1. The average molecular weight is 282 g/mol. The van der Waals surface area contributed by atoms with Crippen LogP contribution < -0.4 is 5.32 Å². The SMILES string of the molecule is CC(C)C(NC(=O)c1ccco1)C(=O)N(C)CC(=O)O. The lowest BCUT2D eigenvalue weighted by Crippen LogP contribution is -2.51. The first-order valence-corrected chi connectivity index (χ1v) is 6.14. The van der Waals surface area contributed by atoms with Crippen LogP contribution in [0.2, 0.25) is 0 Å². The molecule has 110 valence electrons. The fourth-order valence-corrected chi connectivity index (χ4v) is 1.65. The molecule has 7 heteroatoms. The Bertz CT molecular complexity index is 481. The number of nitrogens with one attached hydrogen (secondary N) is 1. The van der Waals surface area contributed by atoms with Crippen LogP contribution in [0.15, 0.2) is 22.8 Å². The Balaban J connectivity index is 2.76. The molecular formula is C13H18N2O5. The van der Waals surface area contributed by atoms with Gasteiger partial charge in [0, 0.05) is 7.05 Å². The van der Waals surface area contributed by atoms with E-state index in [4.69, 9.17) is 9.52 Å². The number of nitrogens with zero attached hydrogens (tertiary/aromatic N) is 1. The molecule has 0 bridgehead atoms. The fourth-order valence-electron chi connectivity index (χ4n) is 1.65. The Kier molecular flexibility index (Phi) is 5.31. The predicted octanol–water partition coefficient (Wildman–Crippen LogP) is 0.577. The minimum absolute atomic E-state index is 0.101. The number of carboxylic acids is 1. The molecule has 1 aromatic rings. The first kappa shape index (κ1) is 15.7. The van der Waals surface area contributed by atoms with Crippen molar-refractivity contribution in [2.24, 2.45) is 5.92 Å². The molecule has 1 rings (SSSR count). The minimum Gasteiger partial charge on any atom is -0.480 e. The molecule has 0 aliphatic carbocycles. The topological polar surface area (TPSA) is 99.9 Å².